The third-order valence-corrected chi connectivity index (χ3v) is 7.89. The Bertz CT molecular complexity index is 1180. The number of rotatable bonds is 3. The van der Waals surface area contributed by atoms with Gasteiger partial charge in [-0.3, -0.25) is 0 Å². The van der Waals surface area contributed by atoms with Crippen molar-refractivity contribution in [3.05, 3.63) is 34.5 Å². The van der Waals surface area contributed by atoms with E-state index in [-0.39, 0.29) is 10.9 Å². The van der Waals surface area contributed by atoms with Gasteiger partial charge in [-0.1, -0.05) is 0 Å². The molecule has 0 saturated carbocycles. The molecule has 0 radical (unpaired) electrons. The number of ether oxygens (including phenoxy) is 1. The molecule has 2 amide bonds. The molecule has 2 heterocycles. The van der Waals surface area contributed by atoms with Crippen LogP contribution in [0, 0.1) is 0 Å². The molecular weight excluding hydrogens is 416 g/mol. The summed E-state index contributed by atoms with van der Waals surface area (Å²) in [5.74, 6) is 0.320. The Morgan fingerprint density at radius 1 is 1.26 bits per heavy atom. The van der Waals surface area contributed by atoms with Crippen LogP contribution >= 0.6 is 0 Å². The molecule has 3 aliphatic rings. The Kier molecular flexibility index (Phi) is 5.03. The molecule has 3 N–H and O–H groups in total. The van der Waals surface area contributed by atoms with Gasteiger partial charge in [-0.05, 0) is 80.9 Å². The summed E-state index contributed by atoms with van der Waals surface area (Å²) in [6, 6.07) is 1.50. The number of hydrogen-bond donors (Lipinski definition) is 2. The zero-order chi connectivity index (χ0) is 21.8. The molecule has 2 atom stereocenters. The fraction of sp³-hybridized carbons (Fsp3) is 0.524. The molecule has 0 spiro atoms. The number of anilines is 1. The molecule has 2 aromatic rings. The first-order chi connectivity index (χ1) is 14.8. The van der Waals surface area contributed by atoms with Crippen LogP contribution in [0.4, 0.5) is 10.5 Å². The lowest BCUT2D eigenvalue weighted by Crippen LogP contribution is -2.41. The second-order valence-corrected chi connectivity index (χ2v) is 10.5. The van der Waals surface area contributed by atoms with E-state index in [1.807, 2.05) is 19.0 Å². The first-order valence-corrected chi connectivity index (χ1v) is 12.3. The molecule has 166 valence electrons. The molecule has 2 unspecified atom stereocenters. The van der Waals surface area contributed by atoms with Gasteiger partial charge in [0.1, 0.15) is 11.5 Å². The maximum Gasteiger partial charge on any atom is 0.354 e. The molecule has 1 aromatic carbocycles. The van der Waals surface area contributed by atoms with Gasteiger partial charge in [0.05, 0.1) is 18.8 Å². The summed E-state index contributed by atoms with van der Waals surface area (Å²) >= 11 is 0. The average Bonchev–Trinajstić information content (AvgIpc) is 3.45. The summed E-state index contributed by atoms with van der Waals surface area (Å²) in [7, 11) is 0.426. The van der Waals surface area contributed by atoms with Gasteiger partial charge in [-0.2, -0.15) is 5.10 Å². The molecule has 1 aromatic heterocycles. The van der Waals surface area contributed by atoms with E-state index in [2.05, 4.69) is 20.8 Å². The number of nitrogens with zero attached hydrogens (tertiary/aromatic N) is 4. The highest BCUT2D eigenvalue weighted by Crippen LogP contribution is 2.38. The maximum atomic E-state index is 13.2. The van der Waals surface area contributed by atoms with Gasteiger partial charge in [0.25, 0.3) is 0 Å². The minimum atomic E-state index is -3.50. The zero-order valence-electron chi connectivity index (χ0n) is 17.9. The van der Waals surface area contributed by atoms with Crippen molar-refractivity contribution in [2.24, 2.45) is 9.50 Å². The van der Waals surface area contributed by atoms with E-state index in [0.717, 1.165) is 44.2 Å². The van der Waals surface area contributed by atoms with Gasteiger partial charge >= 0.3 is 6.03 Å². The first-order valence-electron chi connectivity index (χ1n) is 10.7. The van der Waals surface area contributed by atoms with Crippen molar-refractivity contribution in [3.63, 3.8) is 0 Å². The number of nitrogens with one attached hydrogen (secondary N) is 1. The highest BCUT2D eigenvalue weighted by molar-refractivity contribution is 7.91. The standard InChI is InChI=1S/C21H28N6O3S/c1-26(2)14-11-27-20(30-12-14)19(10-23-27)31(22,29)25-21(28)24-18-9-13-5-3-6-15(13)16-7-4-8-17(16)18/h9-10,14H,3-8,11-12H2,1-2H3,(H3,22,24,25,28,29). The summed E-state index contributed by atoms with van der Waals surface area (Å²) in [4.78, 5) is 14.9. The molecule has 2 aliphatic carbocycles. The van der Waals surface area contributed by atoms with Crippen molar-refractivity contribution in [2.75, 3.05) is 26.0 Å². The Balaban J connectivity index is 1.41. The van der Waals surface area contributed by atoms with E-state index >= 15 is 0 Å². The van der Waals surface area contributed by atoms with E-state index in [1.54, 1.807) is 4.68 Å². The largest absolute Gasteiger partial charge is 0.475 e. The number of amides is 2. The summed E-state index contributed by atoms with van der Waals surface area (Å²) in [6.07, 6.45) is 7.78. The summed E-state index contributed by atoms with van der Waals surface area (Å²) in [6.45, 7) is 1.01. The van der Waals surface area contributed by atoms with Gasteiger partial charge in [0, 0.05) is 5.69 Å². The van der Waals surface area contributed by atoms with Crippen LogP contribution in [0.15, 0.2) is 21.5 Å². The fourth-order valence-corrected chi connectivity index (χ4v) is 5.90. The van der Waals surface area contributed by atoms with Gasteiger partial charge in [-0.15, -0.1) is 4.36 Å². The van der Waals surface area contributed by atoms with Crippen molar-refractivity contribution in [1.82, 2.24) is 14.7 Å². The maximum absolute atomic E-state index is 13.2. The van der Waals surface area contributed by atoms with Gasteiger partial charge in [0.15, 0.2) is 9.92 Å². The Morgan fingerprint density at radius 3 is 2.81 bits per heavy atom. The predicted octanol–water partition coefficient (Wildman–Crippen LogP) is 2.12. The van der Waals surface area contributed by atoms with E-state index in [1.165, 1.54) is 28.5 Å². The molecule has 0 fully saturated rings. The lowest BCUT2D eigenvalue weighted by Gasteiger charge is -2.29. The van der Waals surface area contributed by atoms with Gasteiger partial charge < -0.3 is 15.0 Å². The highest BCUT2D eigenvalue weighted by Gasteiger charge is 2.29. The van der Waals surface area contributed by atoms with Crippen molar-refractivity contribution in [2.45, 2.75) is 56.0 Å². The van der Waals surface area contributed by atoms with Crippen LogP contribution in [0.2, 0.25) is 0 Å². The van der Waals surface area contributed by atoms with Crippen molar-refractivity contribution in [3.8, 4) is 5.88 Å². The molecule has 0 bridgehead atoms. The Hall–Kier alpha value is -2.43. The monoisotopic (exact) mass is 444 g/mol. The van der Waals surface area contributed by atoms with Crippen molar-refractivity contribution < 1.29 is 13.7 Å². The summed E-state index contributed by atoms with van der Waals surface area (Å²) in [5, 5.41) is 13.1. The van der Waals surface area contributed by atoms with Crippen LogP contribution in [0.1, 0.15) is 35.1 Å². The lowest BCUT2D eigenvalue weighted by molar-refractivity contribution is 0.117. The van der Waals surface area contributed by atoms with Crippen LogP contribution in [-0.2, 0) is 42.1 Å². The number of carbonyl (C=O) groups excluding carboxylic acids is 1. The molecule has 31 heavy (non-hydrogen) atoms. The number of benzene rings is 1. The molecule has 5 rings (SSSR count). The number of fused-ring (bicyclic) bond motifs is 4. The predicted molar refractivity (Wildman–Crippen MR) is 118 cm³/mol. The van der Waals surface area contributed by atoms with Crippen molar-refractivity contribution >= 4 is 21.6 Å². The van der Waals surface area contributed by atoms with E-state index in [0.29, 0.717) is 19.0 Å². The topological polar surface area (TPSA) is 115 Å². The van der Waals surface area contributed by atoms with Gasteiger partial charge in [-0.25, -0.2) is 18.8 Å². The van der Waals surface area contributed by atoms with Gasteiger partial charge in [0.2, 0.25) is 5.88 Å². The fourth-order valence-electron chi connectivity index (χ4n) is 4.90. The number of aryl methyl sites for hydroxylation is 1. The highest BCUT2D eigenvalue weighted by atomic mass is 32.2. The third kappa shape index (κ3) is 3.62. The minimum absolute atomic E-state index is 0.149. The van der Waals surface area contributed by atoms with E-state index < -0.39 is 15.9 Å². The number of likely N-dealkylation sites (N-methyl/N-ethyl adjacent to an activating group) is 1. The first kappa shape index (κ1) is 20.5. The Labute approximate surface area is 182 Å². The van der Waals surface area contributed by atoms with Crippen LogP contribution in [0.3, 0.4) is 0 Å². The number of hydrogen-bond acceptors (Lipinski definition) is 5. The number of urea groups is 1. The van der Waals surface area contributed by atoms with Crippen LogP contribution in [0.5, 0.6) is 5.88 Å². The number of nitrogens with two attached hydrogens (primary N) is 1. The smallest absolute Gasteiger partial charge is 0.354 e. The second kappa shape index (κ2) is 7.61. The SMILES string of the molecule is CN(C)C1COc2c(S(N)(=O)=NC(=O)Nc3cc4c(c5c3CCC5)CCC4)cnn2C1. The zero-order valence-corrected chi connectivity index (χ0v) is 18.7. The quantitative estimate of drug-likeness (QED) is 0.752. The molecule has 0 saturated heterocycles. The van der Waals surface area contributed by atoms with E-state index in [9.17, 15) is 9.00 Å². The normalized spacial score (nSPS) is 21.1. The molecule has 1 aliphatic heterocycles. The molecular formula is C21H28N6O3S. The second-order valence-electron chi connectivity index (χ2n) is 8.74. The summed E-state index contributed by atoms with van der Waals surface area (Å²) < 4.78 is 24.4. The van der Waals surface area contributed by atoms with E-state index in [4.69, 9.17) is 9.88 Å². The average molecular weight is 445 g/mol. The number of carbonyl (C=O) groups is 1. The van der Waals surface area contributed by atoms with Crippen LogP contribution < -0.4 is 15.2 Å². The lowest BCUT2D eigenvalue weighted by atomic mass is 9.98. The Morgan fingerprint density at radius 2 is 2.00 bits per heavy atom. The molecule has 10 heteroatoms. The molecule has 9 nitrogen and oxygen atoms in total. The van der Waals surface area contributed by atoms with Crippen molar-refractivity contribution in [1.29, 1.82) is 0 Å². The number of aromatic nitrogens is 2. The summed E-state index contributed by atoms with van der Waals surface area (Å²) in [5.41, 5.74) is 6.12. The van der Waals surface area contributed by atoms with Crippen LogP contribution in [0.25, 0.3) is 0 Å². The minimum Gasteiger partial charge on any atom is -0.475 e. The van der Waals surface area contributed by atoms with Crippen LogP contribution in [-0.4, -0.2) is 51.7 Å². The third-order valence-electron chi connectivity index (χ3n) is 6.55.